The predicted molar refractivity (Wildman–Crippen MR) is 68.6 cm³/mol. The monoisotopic (exact) mass is 254 g/mol. The van der Waals surface area contributed by atoms with Gasteiger partial charge in [-0.15, -0.1) is 0 Å². The number of carboxylic acids is 2. The topological polar surface area (TPSA) is 74.6 Å². The van der Waals surface area contributed by atoms with Gasteiger partial charge in [-0.05, 0) is 34.7 Å². The van der Waals surface area contributed by atoms with Crippen molar-refractivity contribution in [1.29, 1.82) is 0 Å². The van der Waals surface area contributed by atoms with E-state index in [4.69, 9.17) is 5.11 Å². The number of rotatable bonds is 2. The molecule has 0 heterocycles. The molecule has 0 spiro atoms. The van der Waals surface area contributed by atoms with Crippen LogP contribution in [0, 0.1) is 0 Å². The quantitative estimate of drug-likeness (QED) is 0.737. The van der Waals surface area contributed by atoms with E-state index in [0.29, 0.717) is 12.0 Å². The number of aromatic carboxylic acids is 2. The largest absolute Gasteiger partial charge is 0.478 e. The Labute approximate surface area is 108 Å². The highest BCUT2D eigenvalue weighted by Crippen LogP contribution is 2.39. The molecule has 3 rings (SSSR count). The first-order chi connectivity index (χ1) is 9.09. The number of hydrogen-bond donors (Lipinski definition) is 2. The van der Waals surface area contributed by atoms with E-state index < -0.39 is 11.9 Å². The second-order valence-corrected chi connectivity index (χ2v) is 4.46. The first kappa shape index (κ1) is 11.5. The van der Waals surface area contributed by atoms with Crippen molar-refractivity contribution >= 4 is 11.9 Å². The zero-order valence-corrected chi connectivity index (χ0v) is 9.88. The molecule has 0 amide bonds. The van der Waals surface area contributed by atoms with E-state index >= 15 is 0 Å². The summed E-state index contributed by atoms with van der Waals surface area (Å²) in [6.45, 7) is 0. The van der Waals surface area contributed by atoms with Gasteiger partial charge in [0.25, 0.3) is 0 Å². The van der Waals surface area contributed by atoms with Gasteiger partial charge in [-0.25, -0.2) is 9.59 Å². The van der Waals surface area contributed by atoms with E-state index in [1.807, 2.05) is 24.3 Å². The molecule has 2 aromatic carbocycles. The summed E-state index contributed by atoms with van der Waals surface area (Å²) >= 11 is 0. The van der Waals surface area contributed by atoms with Crippen LogP contribution in [0.1, 0.15) is 31.8 Å². The van der Waals surface area contributed by atoms with E-state index in [2.05, 4.69) is 0 Å². The van der Waals surface area contributed by atoms with Crippen molar-refractivity contribution in [2.45, 2.75) is 6.42 Å². The molecule has 0 fully saturated rings. The van der Waals surface area contributed by atoms with Crippen LogP contribution in [0.2, 0.25) is 0 Å². The second-order valence-electron chi connectivity index (χ2n) is 4.46. The lowest BCUT2D eigenvalue weighted by Crippen LogP contribution is -2.11. The molecule has 2 aromatic rings. The first-order valence-corrected chi connectivity index (χ1v) is 5.80. The maximum Gasteiger partial charge on any atom is 0.336 e. The van der Waals surface area contributed by atoms with Gasteiger partial charge in [-0.1, -0.05) is 30.3 Å². The summed E-state index contributed by atoms with van der Waals surface area (Å²) in [6.07, 6.45) is 0.467. The van der Waals surface area contributed by atoms with Crippen molar-refractivity contribution in [3.8, 4) is 11.1 Å². The highest BCUT2D eigenvalue weighted by atomic mass is 16.4. The van der Waals surface area contributed by atoms with E-state index in [1.54, 1.807) is 6.07 Å². The Hall–Kier alpha value is -2.62. The van der Waals surface area contributed by atoms with Gasteiger partial charge in [0.1, 0.15) is 0 Å². The Morgan fingerprint density at radius 3 is 2.32 bits per heavy atom. The van der Waals surface area contributed by atoms with Gasteiger partial charge in [0.15, 0.2) is 0 Å². The molecule has 4 heteroatoms. The number of fused-ring (bicyclic) bond motifs is 3. The zero-order chi connectivity index (χ0) is 13.6. The van der Waals surface area contributed by atoms with Gasteiger partial charge in [-0.3, -0.25) is 0 Å². The lowest BCUT2D eigenvalue weighted by Gasteiger charge is -2.08. The molecule has 0 saturated heterocycles. The Morgan fingerprint density at radius 2 is 1.63 bits per heavy atom. The Balaban J connectivity index is 2.31. The zero-order valence-electron chi connectivity index (χ0n) is 9.88. The van der Waals surface area contributed by atoms with Crippen LogP contribution in [0.3, 0.4) is 0 Å². The highest BCUT2D eigenvalue weighted by Gasteiger charge is 2.27. The molecular formula is C15H10O4. The summed E-state index contributed by atoms with van der Waals surface area (Å²) in [7, 11) is 0. The van der Waals surface area contributed by atoms with E-state index in [0.717, 1.165) is 16.7 Å². The standard InChI is InChI=1S/C15H10O4/c16-14(17)11-6-5-10-9-4-2-1-3-8(9)7-12(10)13(11)15(18)19/h1-6H,7H2,(H,16,17)(H,18,19). The lowest BCUT2D eigenvalue weighted by molar-refractivity contribution is 0.0650. The van der Waals surface area contributed by atoms with Crippen LogP contribution in [0.5, 0.6) is 0 Å². The third kappa shape index (κ3) is 1.61. The minimum atomic E-state index is -1.21. The molecule has 0 unspecified atom stereocenters. The summed E-state index contributed by atoms with van der Waals surface area (Å²) in [5, 5.41) is 18.4. The molecule has 1 aliphatic carbocycles. The van der Waals surface area contributed by atoms with Crippen LogP contribution in [-0.4, -0.2) is 22.2 Å². The first-order valence-electron chi connectivity index (χ1n) is 5.80. The van der Waals surface area contributed by atoms with Crippen LogP contribution in [0.4, 0.5) is 0 Å². The maximum atomic E-state index is 11.4. The maximum absolute atomic E-state index is 11.4. The number of benzene rings is 2. The minimum absolute atomic E-state index is 0.0961. The molecule has 0 aromatic heterocycles. The van der Waals surface area contributed by atoms with Crippen LogP contribution in [0.25, 0.3) is 11.1 Å². The lowest BCUT2D eigenvalue weighted by atomic mass is 9.96. The summed E-state index contributed by atoms with van der Waals surface area (Å²) < 4.78 is 0. The minimum Gasteiger partial charge on any atom is -0.478 e. The SMILES string of the molecule is O=C(O)c1ccc2c(c1C(=O)O)Cc1ccccc1-2. The summed E-state index contributed by atoms with van der Waals surface area (Å²) in [4.78, 5) is 22.5. The Bertz CT molecular complexity index is 716. The van der Waals surface area contributed by atoms with Gasteiger partial charge < -0.3 is 10.2 Å². The smallest absolute Gasteiger partial charge is 0.336 e. The molecule has 0 bridgehead atoms. The average molecular weight is 254 g/mol. The van der Waals surface area contributed by atoms with Crippen molar-refractivity contribution in [2.75, 3.05) is 0 Å². The van der Waals surface area contributed by atoms with Crippen molar-refractivity contribution in [2.24, 2.45) is 0 Å². The third-order valence-corrected chi connectivity index (χ3v) is 3.43. The number of hydrogen-bond acceptors (Lipinski definition) is 2. The molecular weight excluding hydrogens is 244 g/mol. The normalized spacial score (nSPS) is 11.8. The van der Waals surface area contributed by atoms with Crippen molar-refractivity contribution in [1.82, 2.24) is 0 Å². The molecule has 0 aliphatic heterocycles. The predicted octanol–water partition coefficient (Wildman–Crippen LogP) is 2.65. The van der Waals surface area contributed by atoms with E-state index in [9.17, 15) is 14.7 Å². The van der Waals surface area contributed by atoms with Crippen molar-refractivity contribution in [3.63, 3.8) is 0 Å². The highest BCUT2D eigenvalue weighted by molar-refractivity contribution is 6.05. The Morgan fingerprint density at radius 1 is 0.895 bits per heavy atom. The fourth-order valence-corrected chi connectivity index (χ4v) is 2.63. The molecule has 0 radical (unpaired) electrons. The fourth-order valence-electron chi connectivity index (χ4n) is 2.63. The summed E-state index contributed by atoms with van der Waals surface area (Å²) in [5.41, 5.74) is 3.17. The van der Waals surface area contributed by atoms with Crippen molar-refractivity contribution in [3.05, 3.63) is 58.7 Å². The third-order valence-electron chi connectivity index (χ3n) is 3.43. The number of carbonyl (C=O) groups is 2. The molecule has 19 heavy (non-hydrogen) atoms. The Kier molecular flexibility index (Phi) is 2.38. The van der Waals surface area contributed by atoms with E-state index in [1.165, 1.54) is 6.07 Å². The molecule has 94 valence electrons. The molecule has 0 atom stereocenters. The van der Waals surface area contributed by atoms with Gasteiger partial charge >= 0.3 is 11.9 Å². The van der Waals surface area contributed by atoms with Gasteiger partial charge in [0, 0.05) is 0 Å². The fraction of sp³-hybridized carbons (Fsp3) is 0.0667. The van der Waals surface area contributed by atoms with E-state index in [-0.39, 0.29) is 11.1 Å². The molecule has 2 N–H and O–H groups in total. The van der Waals surface area contributed by atoms with Crippen LogP contribution < -0.4 is 0 Å². The van der Waals surface area contributed by atoms with Crippen LogP contribution >= 0.6 is 0 Å². The molecule has 4 nitrogen and oxygen atoms in total. The van der Waals surface area contributed by atoms with Gasteiger partial charge in [-0.2, -0.15) is 0 Å². The second kappa shape index (κ2) is 3.95. The molecule has 0 saturated carbocycles. The van der Waals surface area contributed by atoms with Crippen LogP contribution in [-0.2, 0) is 6.42 Å². The van der Waals surface area contributed by atoms with Gasteiger partial charge in [0.2, 0.25) is 0 Å². The summed E-state index contributed by atoms with van der Waals surface area (Å²) in [6, 6.07) is 10.7. The van der Waals surface area contributed by atoms with Crippen molar-refractivity contribution < 1.29 is 19.8 Å². The average Bonchev–Trinajstić information content (AvgIpc) is 2.75. The summed E-state index contributed by atoms with van der Waals surface area (Å²) in [5.74, 6) is -2.40. The molecule has 1 aliphatic rings. The number of carboxylic acid groups (broad SMARTS) is 2. The van der Waals surface area contributed by atoms with Crippen LogP contribution in [0.15, 0.2) is 36.4 Å². The van der Waals surface area contributed by atoms with Gasteiger partial charge in [0.05, 0.1) is 11.1 Å².